The van der Waals surface area contributed by atoms with Crippen molar-refractivity contribution in [2.75, 3.05) is 0 Å². The zero-order valence-electron chi connectivity index (χ0n) is 9.03. The molecule has 1 aliphatic rings. The van der Waals surface area contributed by atoms with E-state index in [4.69, 9.17) is 0 Å². The van der Waals surface area contributed by atoms with Crippen molar-refractivity contribution in [1.29, 1.82) is 0 Å². The summed E-state index contributed by atoms with van der Waals surface area (Å²) in [4.78, 5) is 0. The molecule has 0 saturated heterocycles. The fourth-order valence-corrected chi connectivity index (χ4v) is 2.82. The van der Waals surface area contributed by atoms with Crippen LogP contribution in [0, 0.1) is 11.3 Å². The minimum atomic E-state index is 0.735. The quantitative estimate of drug-likeness (QED) is 0.586. The number of hydrogen-bond donors (Lipinski definition) is 0. The normalized spacial score (nSPS) is 28.8. The van der Waals surface area contributed by atoms with E-state index in [-0.39, 0.29) is 0 Å². The van der Waals surface area contributed by atoms with Crippen molar-refractivity contribution in [2.24, 2.45) is 11.3 Å². The highest BCUT2D eigenvalue weighted by Crippen LogP contribution is 2.45. The molecule has 1 aliphatic carbocycles. The molecule has 0 aromatic heterocycles. The molecule has 12 heavy (non-hydrogen) atoms. The molecule has 0 spiro atoms. The molecule has 1 rings (SSSR count). The van der Waals surface area contributed by atoms with Gasteiger partial charge in [0.15, 0.2) is 0 Å². The average molecular weight is 168 g/mol. The predicted molar refractivity (Wildman–Crippen MR) is 55.3 cm³/mol. The molecule has 1 fully saturated rings. The lowest BCUT2D eigenvalue weighted by Gasteiger charge is -2.39. The van der Waals surface area contributed by atoms with E-state index in [1.165, 1.54) is 44.9 Å². The van der Waals surface area contributed by atoms with E-state index in [0.717, 1.165) is 11.3 Å². The van der Waals surface area contributed by atoms with Gasteiger partial charge in [-0.3, -0.25) is 0 Å². The van der Waals surface area contributed by atoms with Crippen molar-refractivity contribution in [3.63, 3.8) is 0 Å². The van der Waals surface area contributed by atoms with E-state index in [1.807, 2.05) is 0 Å². The van der Waals surface area contributed by atoms with Crippen LogP contribution in [-0.4, -0.2) is 0 Å². The molecule has 0 aromatic carbocycles. The molecule has 0 N–H and O–H groups in total. The Hall–Kier alpha value is 0. The molecule has 0 bridgehead atoms. The predicted octanol–water partition coefficient (Wildman–Crippen LogP) is 4.39. The maximum absolute atomic E-state index is 2.38. The van der Waals surface area contributed by atoms with Crippen LogP contribution >= 0.6 is 0 Å². The van der Waals surface area contributed by atoms with Gasteiger partial charge >= 0.3 is 0 Å². The smallest absolute Gasteiger partial charge is 0.0300 e. The SMILES string of the molecule is CCC1CCCC(CC)(CC)C1. The van der Waals surface area contributed by atoms with Crippen LogP contribution in [0.3, 0.4) is 0 Å². The van der Waals surface area contributed by atoms with Crippen molar-refractivity contribution in [3.8, 4) is 0 Å². The summed E-state index contributed by atoms with van der Waals surface area (Å²) in [6.45, 7) is 7.11. The van der Waals surface area contributed by atoms with Gasteiger partial charge in [0.1, 0.15) is 0 Å². The van der Waals surface area contributed by atoms with E-state index in [2.05, 4.69) is 20.8 Å². The molecule has 1 saturated carbocycles. The highest BCUT2D eigenvalue weighted by atomic mass is 14.4. The van der Waals surface area contributed by atoms with Gasteiger partial charge in [-0.05, 0) is 24.2 Å². The summed E-state index contributed by atoms with van der Waals surface area (Å²) < 4.78 is 0. The van der Waals surface area contributed by atoms with Crippen LogP contribution in [0.25, 0.3) is 0 Å². The second kappa shape index (κ2) is 4.30. The summed E-state index contributed by atoms with van der Waals surface area (Å²) >= 11 is 0. The third kappa shape index (κ3) is 2.02. The van der Waals surface area contributed by atoms with E-state index >= 15 is 0 Å². The first-order valence-electron chi connectivity index (χ1n) is 5.76. The number of hydrogen-bond acceptors (Lipinski definition) is 0. The van der Waals surface area contributed by atoms with Crippen molar-refractivity contribution in [2.45, 2.75) is 65.7 Å². The lowest BCUT2D eigenvalue weighted by Crippen LogP contribution is -2.27. The van der Waals surface area contributed by atoms with Crippen LogP contribution in [0.1, 0.15) is 65.7 Å². The first-order valence-corrected chi connectivity index (χ1v) is 5.76. The van der Waals surface area contributed by atoms with Gasteiger partial charge in [0.2, 0.25) is 0 Å². The van der Waals surface area contributed by atoms with Gasteiger partial charge in [0.05, 0.1) is 0 Å². The Labute approximate surface area is 77.7 Å². The molecular weight excluding hydrogens is 144 g/mol. The highest BCUT2D eigenvalue weighted by Gasteiger charge is 2.32. The van der Waals surface area contributed by atoms with E-state index < -0.39 is 0 Å². The van der Waals surface area contributed by atoms with E-state index in [1.54, 1.807) is 0 Å². The summed E-state index contributed by atoms with van der Waals surface area (Å²) in [5.74, 6) is 1.04. The van der Waals surface area contributed by atoms with Crippen LogP contribution in [0.2, 0.25) is 0 Å². The number of rotatable bonds is 3. The molecule has 0 radical (unpaired) electrons. The molecule has 1 unspecified atom stereocenters. The second-order valence-electron chi connectivity index (χ2n) is 4.58. The van der Waals surface area contributed by atoms with Crippen molar-refractivity contribution in [1.82, 2.24) is 0 Å². The topological polar surface area (TPSA) is 0 Å². The Bertz CT molecular complexity index is 122. The van der Waals surface area contributed by atoms with Crippen LogP contribution in [0.4, 0.5) is 0 Å². The molecule has 0 heteroatoms. The lowest BCUT2D eigenvalue weighted by atomic mass is 9.66. The zero-order valence-corrected chi connectivity index (χ0v) is 9.03. The highest BCUT2D eigenvalue weighted by molar-refractivity contribution is 4.83. The molecule has 0 heterocycles. The van der Waals surface area contributed by atoms with Crippen LogP contribution in [-0.2, 0) is 0 Å². The van der Waals surface area contributed by atoms with Gasteiger partial charge in [-0.25, -0.2) is 0 Å². The lowest BCUT2D eigenvalue weighted by molar-refractivity contribution is 0.123. The Morgan fingerprint density at radius 3 is 2.33 bits per heavy atom. The van der Waals surface area contributed by atoms with Crippen molar-refractivity contribution >= 4 is 0 Å². The van der Waals surface area contributed by atoms with Gasteiger partial charge in [-0.15, -0.1) is 0 Å². The molecule has 0 nitrogen and oxygen atoms in total. The van der Waals surface area contributed by atoms with Gasteiger partial charge in [0.25, 0.3) is 0 Å². The molecule has 0 aliphatic heterocycles. The standard InChI is InChI=1S/C12H24/c1-4-11-8-7-9-12(5-2,6-3)10-11/h11H,4-10H2,1-3H3. The maximum Gasteiger partial charge on any atom is -0.0300 e. The monoisotopic (exact) mass is 168 g/mol. The molecule has 0 amide bonds. The van der Waals surface area contributed by atoms with E-state index in [0.29, 0.717) is 0 Å². The molecular formula is C12H24. The van der Waals surface area contributed by atoms with Gasteiger partial charge in [0, 0.05) is 0 Å². The van der Waals surface area contributed by atoms with Gasteiger partial charge in [-0.1, -0.05) is 52.9 Å². The van der Waals surface area contributed by atoms with Crippen LogP contribution in [0.15, 0.2) is 0 Å². The summed E-state index contributed by atoms with van der Waals surface area (Å²) in [5, 5.41) is 0. The minimum Gasteiger partial charge on any atom is -0.0651 e. The molecule has 0 aromatic rings. The van der Waals surface area contributed by atoms with Gasteiger partial charge < -0.3 is 0 Å². The third-order valence-corrected chi connectivity index (χ3v) is 4.12. The summed E-state index contributed by atoms with van der Waals surface area (Å²) in [6.07, 6.45) is 10.2. The molecule has 72 valence electrons. The van der Waals surface area contributed by atoms with Crippen molar-refractivity contribution in [3.05, 3.63) is 0 Å². The average Bonchev–Trinajstić information content (AvgIpc) is 2.18. The Balaban J connectivity index is 2.52. The van der Waals surface area contributed by atoms with Crippen LogP contribution < -0.4 is 0 Å². The second-order valence-corrected chi connectivity index (χ2v) is 4.58. The summed E-state index contributed by atoms with van der Waals surface area (Å²) in [5.41, 5.74) is 0.735. The summed E-state index contributed by atoms with van der Waals surface area (Å²) in [6, 6.07) is 0. The van der Waals surface area contributed by atoms with Gasteiger partial charge in [-0.2, -0.15) is 0 Å². The van der Waals surface area contributed by atoms with Crippen molar-refractivity contribution < 1.29 is 0 Å². The zero-order chi connectivity index (χ0) is 9.03. The van der Waals surface area contributed by atoms with E-state index in [9.17, 15) is 0 Å². The Kier molecular flexibility index (Phi) is 3.61. The Morgan fingerprint density at radius 1 is 1.17 bits per heavy atom. The fourth-order valence-electron chi connectivity index (χ4n) is 2.82. The molecule has 1 atom stereocenters. The van der Waals surface area contributed by atoms with Crippen LogP contribution in [0.5, 0.6) is 0 Å². The third-order valence-electron chi connectivity index (χ3n) is 4.12. The first-order chi connectivity index (χ1) is 5.76. The summed E-state index contributed by atoms with van der Waals surface area (Å²) in [7, 11) is 0. The minimum absolute atomic E-state index is 0.735. The first kappa shape index (κ1) is 10.1. The fraction of sp³-hybridized carbons (Fsp3) is 1.00. The maximum atomic E-state index is 2.38. The Morgan fingerprint density at radius 2 is 1.83 bits per heavy atom. The largest absolute Gasteiger partial charge is 0.0651 e.